The molecule has 0 saturated heterocycles. The van der Waals surface area contributed by atoms with E-state index in [1.165, 1.54) is 6.07 Å². The van der Waals surface area contributed by atoms with Gasteiger partial charge in [-0.05, 0) is 30.7 Å². The van der Waals surface area contributed by atoms with Crippen LogP contribution in [0, 0.1) is 12.7 Å². The van der Waals surface area contributed by atoms with Gasteiger partial charge in [0.2, 0.25) is 0 Å². The van der Waals surface area contributed by atoms with Crippen LogP contribution in [0.5, 0.6) is 5.75 Å². The number of hydrogen-bond acceptors (Lipinski definition) is 3. The molecule has 108 valence electrons. The van der Waals surface area contributed by atoms with E-state index in [0.29, 0.717) is 19.2 Å². The third-order valence-electron chi connectivity index (χ3n) is 2.98. The van der Waals surface area contributed by atoms with E-state index in [2.05, 4.69) is 19.2 Å². The van der Waals surface area contributed by atoms with Gasteiger partial charge < -0.3 is 14.5 Å². The van der Waals surface area contributed by atoms with E-state index in [1.54, 1.807) is 18.4 Å². The molecule has 0 spiro atoms. The Morgan fingerprint density at radius 3 is 2.85 bits per heavy atom. The molecule has 1 N–H and O–H groups in total. The summed E-state index contributed by atoms with van der Waals surface area (Å²) in [5.41, 5.74) is 1.90. The molecule has 0 radical (unpaired) electrons. The van der Waals surface area contributed by atoms with Gasteiger partial charge in [-0.1, -0.05) is 19.9 Å². The van der Waals surface area contributed by atoms with Crippen molar-refractivity contribution >= 4 is 0 Å². The number of furan rings is 1. The van der Waals surface area contributed by atoms with Gasteiger partial charge in [0.1, 0.15) is 12.4 Å². The SMILES string of the molecule is Cc1ccc(F)c(OCc2ccoc2CNC(C)C)c1. The third kappa shape index (κ3) is 3.84. The summed E-state index contributed by atoms with van der Waals surface area (Å²) in [5.74, 6) is 0.752. The Morgan fingerprint density at radius 2 is 2.10 bits per heavy atom. The van der Waals surface area contributed by atoms with Crippen LogP contribution in [-0.2, 0) is 13.2 Å². The van der Waals surface area contributed by atoms with Gasteiger partial charge in [0.25, 0.3) is 0 Å². The molecule has 2 aromatic rings. The molecule has 1 heterocycles. The van der Waals surface area contributed by atoms with E-state index >= 15 is 0 Å². The molecule has 1 aromatic carbocycles. The Balaban J connectivity index is 2.00. The van der Waals surface area contributed by atoms with Crippen LogP contribution in [0.15, 0.2) is 34.9 Å². The molecular formula is C16H20FNO2. The summed E-state index contributed by atoms with van der Waals surface area (Å²) in [5, 5.41) is 3.28. The van der Waals surface area contributed by atoms with E-state index in [0.717, 1.165) is 16.9 Å². The summed E-state index contributed by atoms with van der Waals surface area (Å²) in [6, 6.07) is 7.06. The number of hydrogen-bond donors (Lipinski definition) is 1. The minimum Gasteiger partial charge on any atom is -0.486 e. The van der Waals surface area contributed by atoms with Gasteiger partial charge in [0.05, 0.1) is 12.8 Å². The maximum atomic E-state index is 13.6. The molecule has 0 unspecified atom stereocenters. The minimum atomic E-state index is -0.346. The maximum absolute atomic E-state index is 13.6. The lowest BCUT2D eigenvalue weighted by Crippen LogP contribution is -2.22. The summed E-state index contributed by atoms with van der Waals surface area (Å²) in [4.78, 5) is 0. The van der Waals surface area contributed by atoms with Crippen LogP contribution in [-0.4, -0.2) is 6.04 Å². The number of ether oxygens (including phenoxy) is 1. The van der Waals surface area contributed by atoms with Crippen LogP contribution in [0.4, 0.5) is 4.39 Å². The Labute approximate surface area is 118 Å². The van der Waals surface area contributed by atoms with Crippen molar-refractivity contribution in [1.29, 1.82) is 0 Å². The van der Waals surface area contributed by atoms with E-state index in [1.807, 2.05) is 13.0 Å². The second-order valence-corrected chi connectivity index (χ2v) is 5.13. The van der Waals surface area contributed by atoms with Crippen LogP contribution in [0.25, 0.3) is 0 Å². The Morgan fingerprint density at radius 1 is 1.30 bits per heavy atom. The van der Waals surface area contributed by atoms with Crippen molar-refractivity contribution in [2.24, 2.45) is 0 Å². The summed E-state index contributed by atoms with van der Waals surface area (Å²) >= 11 is 0. The summed E-state index contributed by atoms with van der Waals surface area (Å²) in [6.45, 7) is 6.98. The molecule has 0 aliphatic heterocycles. The first-order chi connectivity index (χ1) is 9.56. The highest BCUT2D eigenvalue weighted by Crippen LogP contribution is 2.21. The van der Waals surface area contributed by atoms with Gasteiger partial charge in [-0.2, -0.15) is 0 Å². The van der Waals surface area contributed by atoms with Crippen molar-refractivity contribution in [3.8, 4) is 5.75 Å². The van der Waals surface area contributed by atoms with Gasteiger partial charge in [0, 0.05) is 11.6 Å². The van der Waals surface area contributed by atoms with E-state index < -0.39 is 0 Å². The Kier molecular flexibility index (Phi) is 4.79. The molecule has 0 atom stereocenters. The summed E-state index contributed by atoms with van der Waals surface area (Å²) < 4.78 is 24.6. The van der Waals surface area contributed by atoms with Crippen molar-refractivity contribution in [1.82, 2.24) is 5.32 Å². The lowest BCUT2D eigenvalue weighted by molar-refractivity contribution is 0.285. The van der Waals surface area contributed by atoms with E-state index in [-0.39, 0.29) is 11.6 Å². The fourth-order valence-corrected chi connectivity index (χ4v) is 1.82. The third-order valence-corrected chi connectivity index (χ3v) is 2.98. The largest absolute Gasteiger partial charge is 0.486 e. The molecule has 1 aromatic heterocycles. The summed E-state index contributed by atoms with van der Waals surface area (Å²) in [7, 11) is 0. The Bertz CT molecular complexity index is 563. The average molecular weight is 277 g/mol. The molecule has 2 rings (SSSR count). The van der Waals surface area contributed by atoms with Crippen molar-refractivity contribution in [3.05, 3.63) is 53.2 Å². The average Bonchev–Trinajstić information content (AvgIpc) is 2.85. The zero-order valence-electron chi connectivity index (χ0n) is 12.1. The topological polar surface area (TPSA) is 34.4 Å². The first-order valence-corrected chi connectivity index (χ1v) is 6.74. The number of nitrogens with one attached hydrogen (secondary N) is 1. The predicted molar refractivity (Wildman–Crippen MR) is 76.2 cm³/mol. The number of rotatable bonds is 6. The van der Waals surface area contributed by atoms with Gasteiger partial charge in [-0.15, -0.1) is 0 Å². The fraction of sp³-hybridized carbons (Fsp3) is 0.375. The van der Waals surface area contributed by atoms with Gasteiger partial charge >= 0.3 is 0 Å². The minimum absolute atomic E-state index is 0.272. The van der Waals surface area contributed by atoms with Crippen LogP contribution < -0.4 is 10.1 Å². The monoisotopic (exact) mass is 277 g/mol. The smallest absolute Gasteiger partial charge is 0.165 e. The molecule has 0 aliphatic carbocycles. The highest BCUT2D eigenvalue weighted by atomic mass is 19.1. The predicted octanol–water partition coefficient (Wildman–Crippen LogP) is 3.80. The number of aryl methyl sites for hydroxylation is 1. The van der Waals surface area contributed by atoms with E-state index in [4.69, 9.17) is 9.15 Å². The lowest BCUT2D eigenvalue weighted by Gasteiger charge is -2.10. The van der Waals surface area contributed by atoms with Crippen molar-refractivity contribution < 1.29 is 13.5 Å². The molecule has 0 aliphatic rings. The summed E-state index contributed by atoms with van der Waals surface area (Å²) in [6.07, 6.45) is 1.63. The standard InChI is InChI=1S/C16H20FNO2/c1-11(2)18-9-16-13(6-7-19-16)10-20-15-8-12(3)4-5-14(15)17/h4-8,11,18H,9-10H2,1-3H3. The Hall–Kier alpha value is -1.81. The molecule has 0 fully saturated rings. The fourth-order valence-electron chi connectivity index (χ4n) is 1.82. The lowest BCUT2D eigenvalue weighted by atomic mass is 10.2. The molecule has 4 heteroatoms. The normalized spacial score (nSPS) is 11.1. The molecule has 0 amide bonds. The molecule has 0 bridgehead atoms. The highest BCUT2D eigenvalue weighted by molar-refractivity contribution is 5.30. The molecule has 0 saturated carbocycles. The van der Waals surface area contributed by atoms with Gasteiger partial charge in [0.15, 0.2) is 11.6 Å². The zero-order valence-corrected chi connectivity index (χ0v) is 12.1. The first-order valence-electron chi connectivity index (χ1n) is 6.74. The van der Waals surface area contributed by atoms with E-state index in [9.17, 15) is 4.39 Å². The second-order valence-electron chi connectivity index (χ2n) is 5.13. The van der Waals surface area contributed by atoms with Crippen LogP contribution in [0.3, 0.4) is 0 Å². The van der Waals surface area contributed by atoms with Crippen LogP contribution >= 0.6 is 0 Å². The van der Waals surface area contributed by atoms with Crippen LogP contribution in [0.1, 0.15) is 30.7 Å². The maximum Gasteiger partial charge on any atom is 0.165 e. The second kappa shape index (κ2) is 6.57. The zero-order chi connectivity index (χ0) is 14.5. The molecule has 3 nitrogen and oxygen atoms in total. The number of benzene rings is 1. The van der Waals surface area contributed by atoms with Crippen molar-refractivity contribution in [2.45, 2.75) is 40.0 Å². The van der Waals surface area contributed by atoms with Gasteiger partial charge in [-0.3, -0.25) is 0 Å². The van der Waals surface area contributed by atoms with Crippen LogP contribution in [0.2, 0.25) is 0 Å². The highest BCUT2D eigenvalue weighted by Gasteiger charge is 2.09. The van der Waals surface area contributed by atoms with Crippen molar-refractivity contribution in [3.63, 3.8) is 0 Å². The quantitative estimate of drug-likeness (QED) is 0.872. The number of halogens is 1. The van der Waals surface area contributed by atoms with Crippen molar-refractivity contribution in [2.75, 3.05) is 0 Å². The van der Waals surface area contributed by atoms with Gasteiger partial charge in [-0.25, -0.2) is 4.39 Å². The first kappa shape index (κ1) is 14.6. The molecule has 20 heavy (non-hydrogen) atoms. The molecular weight excluding hydrogens is 257 g/mol.